The number of hydrogen-bond acceptors (Lipinski definition) is 5. The standard InChI is InChI=1S/C18H23N3O5/c19-16(22)11-4-5-13(21-8-2-1-3-9-21)12(10-11)20-17(23)14-6-7-15(26-14)18(24)25/h4-5,10,14-15H,1-3,6-9H2,(H2,19,22)(H,20,23)(H,24,25)/t14-,15+/m0/s1. The van der Waals surface area contributed by atoms with Gasteiger partial charge < -0.3 is 25.8 Å². The monoisotopic (exact) mass is 361 g/mol. The number of nitrogens with one attached hydrogen (secondary N) is 1. The largest absolute Gasteiger partial charge is 0.479 e. The Morgan fingerprint density at radius 3 is 2.42 bits per heavy atom. The van der Waals surface area contributed by atoms with E-state index in [9.17, 15) is 14.4 Å². The second-order valence-electron chi connectivity index (χ2n) is 6.66. The first kappa shape index (κ1) is 18.2. The molecule has 0 unspecified atom stereocenters. The summed E-state index contributed by atoms with van der Waals surface area (Å²) in [5.41, 5.74) is 6.99. The highest BCUT2D eigenvalue weighted by molar-refractivity contribution is 6.01. The summed E-state index contributed by atoms with van der Waals surface area (Å²) >= 11 is 0. The third kappa shape index (κ3) is 3.96. The molecular weight excluding hydrogens is 338 g/mol. The Morgan fingerprint density at radius 1 is 1.12 bits per heavy atom. The molecule has 2 fully saturated rings. The van der Waals surface area contributed by atoms with Crippen molar-refractivity contribution in [2.75, 3.05) is 23.3 Å². The van der Waals surface area contributed by atoms with Crippen molar-refractivity contribution in [2.24, 2.45) is 5.73 Å². The molecule has 2 aliphatic heterocycles. The van der Waals surface area contributed by atoms with Crippen LogP contribution in [-0.2, 0) is 14.3 Å². The molecule has 0 saturated carbocycles. The molecule has 26 heavy (non-hydrogen) atoms. The van der Waals surface area contributed by atoms with Crippen LogP contribution in [0.1, 0.15) is 42.5 Å². The van der Waals surface area contributed by atoms with Gasteiger partial charge in [-0.2, -0.15) is 0 Å². The van der Waals surface area contributed by atoms with Crippen LogP contribution in [0.4, 0.5) is 11.4 Å². The van der Waals surface area contributed by atoms with E-state index in [2.05, 4.69) is 10.2 Å². The zero-order chi connectivity index (χ0) is 18.7. The lowest BCUT2D eigenvalue weighted by Crippen LogP contribution is -2.33. The van der Waals surface area contributed by atoms with Crippen molar-refractivity contribution in [3.63, 3.8) is 0 Å². The van der Waals surface area contributed by atoms with Gasteiger partial charge in [0.1, 0.15) is 6.10 Å². The number of primary amides is 1. The summed E-state index contributed by atoms with van der Waals surface area (Å²) in [5, 5.41) is 11.8. The minimum atomic E-state index is -1.06. The lowest BCUT2D eigenvalue weighted by molar-refractivity contribution is -0.150. The molecule has 0 aliphatic carbocycles. The summed E-state index contributed by atoms with van der Waals surface area (Å²) in [7, 11) is 0. The van der Waals surface area contributed by atoms with Gasteiger partial charge in [0.25, 0.3) is 5.91 Å². The zero-order valence-electron chi connectivity index (χ0n) is 14.4. The van der Waals surface area contributed by atoms with Crippen LogP contribution < -0.4 is 16.0 Å². The van der Waals surface area contributed by atoms with Crippen LogP contribution in [0.15, 0.2) is 18.2 Å². The van der Waals surface area contributed by atoms with Gasteiger partial charge >= 0.3 is 5.97 Å². The number of hydrogen-bond donors (Lipinski definition) is 3. The van der Waals surface area contributed by atoms with Gasteiger partial charge in [-0.15, -0.1) is 0 Å². The fourth-order valence-electron chi connectivity index (χ4n) is 3.42. The molecule has 1 aromatic rings. The maximum atomic E-state index is 12.5. The second-order valence-corrected chi connectivity index (χ2v) is 6.66. The smallest absolute Gasteiger partial charge is 0.332 e. The first-order valence-electron chi connectivity index (χ1n) is 8.83. The molecule has 2 heterocycles. The number of nitrogens with zero attached hydrogens (tertiary/aromatic N) is 1. The zero-order valence-corrected chi connectivity index (χ0v) is 14.4. The van der Waals surface area contributed by atoms with E-state index in [1.807, 2.05) is 0 Å². The summed E-state index contributed by atoms with van der Waals surface area (Å²) in [4.78, 5) is 37.2. The lowest BCUT2D eigenvalue weighted by Gasteiger charge is -2.31. The number of amides is 2. The predicted molar refractivity (Wildman–Crippen MR) is 95.2 cm³/mol. The molecule has 8 nitrogen and oxygen atoms in total. The number of carbonyl (C=O) groups excluding carboxylic acids is 2. The third-order valence-electron chi connectivity index (χ3n) is 4.82. The summed E-state index contributed by atoms with van der Waals surface area (Å²) < 4.78 is 5.30. The molecule has 8 heteroatoms. The highest BCUT2D eigenvalue weighted by Crippen LogP contribution is 2.31. The van der Waals surface area contributed by atoms with Crippen molar-refractivity contribution < 1.29 is 24.2 Å². The Bertz CT molecular complexity index is 715. The van der Waals surface area contributed by atoms with Crippen molar-refractivity contribution in [3.8, 4) is 0 Å². The van der Waals surface area contributed by atoms with Crippen LogP contribution in [0.3, 0.4) is 0 Å². The molecule has 2 aliphatic rings. The van der Waals surface area contributed by atoms with E-state index in [1.165, 1.54) is 6.42 Å². The highest BCUT2D eigenvalue weighted by Gasteiger charge is 2.35. The van der Waals surface area contributed by atoms with Gasteiger partial charge in [0.15, 0.2) is 6.10 Å². The molecule has 2 atom stereocenters. The number of nitrogens with two attached hydrogens (primary N) is 1. The molecule has 4 N–H and O–H groups in total. The SMILES string of the molecule is NC(=O)c1ccc(N2CCCCC2)c(NC(=O)[C@@H]2CC[C@H](C(=O)O)O2)c1. The van der Waals surface area contributed by atoms with Gasteiger partial charge in [0, 0.05) is 18.7 Å². The molecule has 1 aromatic carbocycles. The summed E-state index contributed by atoms with van der Waals surface area (Å²) in [6.45, 7) is 1.75. The van der Waals surface area contributed by atoms with E-state index in [0.29, 0.717) is 24.1 Å². The first-order valence-corrected chi connectivity index (χ1v) is 8.83. The maximum Gasteiger partial charge on any atom is 0.332 e. The molecule has 2 amide bonds. The third-order valence-corrected chi connectivity index (χ3v) is 4.82. The molecule has 140 valence electrons. The second kappa shape index (κ2) is 7.74. The van der Waals surface area contributed by atoms with Crippen LogP contribution in [0.25, 0.3) is 0 Å². The summed E-state index contributed by atoms with van der Waals surface area (Å²) in [6, 6.07) is 5.00. The maximum absolute atomic E-state index is 12.5. The average Bonchev–Trinajstić information content (AvgIpc) is 3.13. The lowest BCUT2D eigenvalue weighted by atomic mass is 10.1. The number of carbonyl (C=O) groups is 3. The van der Waals surface area contributed by atoms with Gasteiger partial charge in [-0.1, -0.05) is 0 Å². The Hall–Kier alpha value is -2.61. The Balaban J connectivity index is 1.80. The van der Waals surface area contributed by atoms with E-state index in [1.54, 1.807) is 18.2 Å². The van der Waals surface area contributed by atoms with Gasteiger partial charge in [-0.3, -0.25) is 9.59 Å². The van der Waals surface area contributed by atoms with Crippen LogP contribution in [0, 0.1) is 0 Å². The van der Waals surface area contributed by atoms with E-state index in [-0.39, 0.29) is 0 Å². The van der Waals surface area contributed by atoms with Crippen molar-refractivity contribution in [1.82, 2.24) is 0 Å². The number of aliphatic carboxylic acids is 1. The number of piperidine rings is 1. The fraction of sp³-hybridized carbons (Fsp3) is 0.500. The minimum Gasteiger partial charge on any atom is -0.479 e. The molecule has 3 rings (SSSR count). The molecule has 2 saturated heterocycles. The van der Waals surface area contributed by atoms with Crippen LogP contribution in [0.2, 0.25) is 0 Å². The quantitative estimate of drug-likeness (QED) is 0.728. The van der Waals surface area contributed by atoms with E-state index in [4.69, 9.17) is 15.6 Å². The summed E-state index contributed by atoms with van der Waals surface area (Å²) in [6.07, 6.45) is 2.18. The van der Waals surface area contributed by atoms with Crippen molar-refractivity contribution in [2.45, 2.75) is 44.3 Å². The summed E-state index contributed by atoms with van der Waals surface area (Å²) in [5.74, 6) is -2.05. The molecule has 0 spiro atoms. The van der Waals surface area contributed by atoms with Crippen LogP contribution in [-0.4, -0.2) is 48.2 Å². The molecule has 0 aromatic heterocycles. The Morgan fingerprint density at radius 2 is 1.81 bits per heavy atom. The molecule has 0 bridgehead atoms. The average molecular weight is 361 g/mol. The predicted octanol–water partition coefficient (Wildman–Crippen LogP) is 1.35. The van der Waals surface area contributed by atoms with E-state index in [0.717, 1.165) is 31.6 Å². The van der Waals surface area contributed by atoms with Gasteiger partial charge in [-0.25, -0.2) is 4.79 Å². The minimum absolute atomic E-state index is 0.299. The number of rotatable bonds is 5. The number of carboxylic acid groups (broad SMARTS) is 1. The van der Waals surface area contributed by atoms with Gasteiger partial charge in [0.05, 0.1) is 11.4 Å². The van der Waals surface area contributed by atoms with Gasteiger partial charge in [-0.05, 0) is 50.3 Å². The molecule has 0 radical (unpaired) electrons. The van der Waals surface area contributed by atoms with E-state index < -0.39 is 30.0 Å². The number of anilines is 2. The number of ether oxygens (including phenoxy) is 1. The first-order chi connectivity index (χ1) is 12.5. The van der Waals surface area contributed by atoms with E-state index >= 15 is 0 Å². The van der Waals surface area contributed by atoms with Crippen molar-refractivity contribution >= 4 is 29.2 Å². The van der Waals surface area contributed by atoms with Gasteiger partial charge in [0.2, 0.25) is 5.91 Å². The fourth-order valence-corrected chi connectivity index (χ4v) is 3.42. The Labute approximate surface area is 151 Å². The molecular formula is C18H23N3O5. The Kier molecular flexibility index (Phi) is 5.41. The van der Waals surface area contributed by atoms with Crippen LogP contribution >= 0.6 is 0 Å². The van der Waals surface area contributed by atoms with Crippen molar-refractivity contribution in [1.29, 1.82) is 0 Å². The highest BCUT2D eigenvalue weighted by atomic mass is 16.5. The number of benzene rings is 1. The number of carboxylic acids is 1. The van der Waals surface area contributed by atoms with Crippen LogP contribution in [0.5, 0.6) is 0 Å². The topological polar surface area (TPSA) is 122 Å². The normalized spacial score (nSPS) is 22.8. The van der Waals surface area contributed by atoms with Crippen molar-refractivity contribution in [3.05, 3.63) is 23.8 Å².